The van der Waals surface area contributed by atoms with Gasteiger partial charge in [0.1, 0.15) is 0 Å². The van der Waals surface area contributed by atoms with Crippen molar-refractivity contribution in [2.45, 2.75) is 20.4 Å². The van der Waals surface area contributed by atoms with Crippen LogP contribution >= 0.6 is 0 Å². The molecule has 0 fully saturated rings. The van der Waals surface area contributed by atoms with Crippen molar-refractivity contribution in [3.63, 3.8) is 0 Å². The first-order valence-electron chi connectivity index (χ1n) is 9.67. The molecule has 0 unspecified atom stereocenters. The zero-order valence-electron chi connectivity index (χ0n) is 16.2. The largest absolute Gasteiger partial charge is 0.361 e. The third-order valence-corrected chi connectivity index (χ3v) is 5.18. The summed E-state index contributed by atoms with van der Waals surface area (Å²) in [6.45, 7) is 7.38. The van der Waals surface area contributed by atoms with Gasteiger partial charge in [-0.25, -0.2) is 0 Å². The molecule has 4 rings (SSSR count). The Balaban J connectivity index is 1.58. The summed E-state index contributed by atoms with van der Waals surface area (Å²) in [4.78, 5) is 19.3. The molecule has 5 nitrogen and oxygen atoms in total. The van der Waals surface area contributed by atoms with Crippen LogP contribution in [0, 0.1) is 0 Å². The predicted octanol–water partition coefficient (Wildman–Crippen LogP) is 4.48. The number of aromatic nitrogens is 1. The van der Waals surface area contributed by atoms with Crippen LogP contribution in [0.5, 0.6) is 0 Å². The van der Waals surface area contributed by atoms with E-state index in [0.29, 0.717) is 5.57 Å². The van der Waals surface area contributed by atoms with Crippen molar-refractivity contribution in [2.75, 3.05) is 23.7 Å². The average molecular weight is 372 g/mol. The molecule has 5 heteroatoms. The lowest BCUT2D eigenvalue weighted by Gasteiger charge is -2.18. The maximum absolute atomic E-state index is 12.5. The molecule has 0 aliphatic carbocycles. The Morgan fingerprint density at radius 1 is 1.07 bits per heavy atom. The Morgan fingerprint density at radius 2 is 1.86 bits per heavy atom. The Hall–Kier alpha value is -3.18. The molecule has 0 radical (unpaired) electrons. The maximum atomic E-state index is 12.5. The molecule has 1 aromatic heterocycles. The van der Waals surface area contributed by atoms with Crippen molar-refractivity contribution in [1.29, 1.82) is 0 Å². The second-order valence-electron chi connectivity index (χ2n) is 6.87. The summed E-state index contributed by atoms with van der Waals surface area (Å²) in [7, 11) is 0. The highest BCUT2D eigenvalue weighted by Crippen LogP contribution is 2.37. The summed E-state index contributed by atoms with van der Waals surface area (Å²) in [6, 6.07) is 16.1. The Bertz CT molecular complexity index is 1040. The normalized spacial score (nSPS) is 14.5. The van der Waals surface area contributed by atoms with Crippen molar-refractivity contribution in [3.05, 3.63) is 72.1 Å². The van der Waals surface area contributed by atoms with Gasteiger partial charge in [0, 0.05) is 41.3 Å². The van der Waals surface area contributed by atoms with E-state index in [1.165, 1.54) is 5.56 Å². The van der Waals surface area contributed by atoms with Crippen molar-refractivity contribution in [1.82, 2.24) is 9.88 Å². The van der Waals surface area contributed by atoms with Crippen molar-refractivity contribution >= 4 is 33.8 Å². The minimum atomic E-state index is -0.1000. The first-order valence-corrected chi connectivity index (χ1v) is 9.67. The molecule has 3 aromatic rings. The van der Waals surface area contributed by atoms with E-state index in [-0.39, 0.29) is 5.91 Å². The number of rotatable bonds is 6. The standard InChI is InChI=1S/C23H24N4O/c1-3-27(4-2)15-16-7-9-17(10-8-16)25-14-19-22-18-6-5-13-24-20(18)11-12-21(22)26-23(19)28/h5-14,25H,3-4,15H2,1-2H3,(H,26,28)/b19-14-. The molecule has 2 N–H and O–H groups in total. The highest BCUT2D eigenvalue weighted by atomic mass is 16.2. The number of fused-ring (bicyclic) bond motifs is 3. The minimum Gasteiger partial charge on any atom is -0.361 e. The molecular formula is C23H24N4O. The van der Waals surface area contributed by atoms with Gasteiger partial charge in [-0.2, -0.15) is 0 Å². The summed E-state index contributed by atoms with van der Waals surface area (Å²) >= 11 is 0. The Kier molecular flexibility index (Phi) is 5.08. The fourth-order valence-electron chi connectivity index (χ4n) is 3.55. The van der Waals surface area contributed by atoms with Gasteiger partial charge in [-0.15, -0.1) is 0 Å². The van der Waals surface area contributed by atoms with Crippen LogP contribution in [0.4, 0.5) is 11.4 Å². The average Bonchev–Trinajstić information content (AvgIpc) is 3.07. The second kappa shape index (κ2) is 7.82. The Morgan fingerprint density at radius 3 is 2.61 bits per heavy atom. The fourth-order valence-corrected chi connectivity index (χ4v) is 3.55. The summed E-state index contributed by atoms with van der Waals surface area (Å²) in [5.41, 5.74) is 5.47. The lowest BCUT2D eigenvalue weighted by molar-refractivity contribution is -0.110. The number of nitrogens with one attached hydrogen (secondary N) is 2. The third kappa shape index (κ3) is 3.49. The fraction of sp³-hybridized carbons (Fsp3) is 0.217. The second-order valence-corrected chi connectivity index (χ2v) is 6.87. The molecular weight excluding hydrogens is 348 g/mol. The van der Waals surface area contributed by atoms with Crippen molar-refractivity contribution in [2.24, 2.45) is 0 Å². The number of pyridine rings is 1. The zero-order valence-corrected chi connectivity index (χ0v) is 16.2. The lowest BCUT2D eigenvalue weighted by Crippen LogP contribution is -2.21. The highest BCUT2D eigenvalue weighted by molar-refractivity contribution is 6.34. The van der Waals surface area contributed by atoms with Gasteiger partial charge >= 0.3 is 0 Å². The number of benzene rings is 2. The number of carbonyl (C=O) groups excluding carboxylic acids is 1. The molecule has 1 amide bonds. The van der Waals surface area contributed by atoms with Gasteiger partial charge in [-0.1, -0.05) is 32.0 Å². The van der Waals surface area contributed by atoms with E-state index >= 15 is 0 Å². The minimum absolute atomic E-state index is 0.1000. The number of carbonyl (C=O) groups is 1. The molecule has 0 saturated heterocycles. The first kappa shape index (κ1) is 18.2. The number of hydrogen-bond donors (Lipinski definition) is 2. The molecule has 0 saturated carbocycles. The van der Waals surface area contributed by atoms with Crippen LogP contribution in [0.3, 0.4) is 0 Å². The van der Waals surface area contributed by atoms with Crippen molar-refractivity contribution < 1.29 is 4.79 Å². The molecule has 0 bridgehead atoms. The molecule has 142 valence electrons. The predicted molar refractivity (Wildman–Crippen MR) is 115 cm³/mol. The number of amides is 1. The quantitative estimate of drug-likeness (QED) is 0.626. The summed E-state index contributed by atoms with van der Waals surface area (Å²) in [5.74, 6) is -0.1000. The Labute approximate surface area is 165 Å². The van der Waals surface area contributed by atoms with Gasteiger partial charge in [0.15, 0.2) is 0 Å². The van der Waals surface area contributed by atoms with Crippen LogP contribution in [0.15, 0.2) is 60.9 Å². The highest BCUT2D eigenvalue weighted by Gasteiger charge is 2.26. The summed E-state index contributed by atoms with van der Waals surface area (Å²) in [5, 5.41) is 7.19. The van der Waals surface area contributed by atoms with Gasteiger partial charge in [0.25, 0.3) is 5.91 Å². The van der Waals surface area contributed by atoms with Crippen LogP contribution in [0.1, 0.15) is 25.0 Å². The van der Waals surface area contributed by atoms with Gasteiger partial charge < -0.3 is 10.6 Å². The van der Waals surface area contributed by atoms with Crippen LogP contribution in [-0.4, -0.2) is 28.9 Å². The molecule has 1 aliphatic rings. The van der Waals surface area contributed by atoms with Gasteiger partial charge in [-0.3, -0.25) is 14.7 Å². The van der Waals surface area contributed by atoms with E-state index in [4.69, 9.17) is 0 Å². The van der Waals surface area contributed by atoms with Crippen LogP contribution in [0.2, 0.25) is 0 Å². The SMILES string of the molecule is CCN(CC)Cc1ccc(N/C=C2\C(=O)Nc3ccc4ncccc4c32)cc1. The van der Waals surface area contributed by atoms with E-state index in [1.807, 2.05) is 36.4 Å². The van der Waals surface area contributed by atoms with E-state index in [2.05, 4.69) is 46.5 Å². The summed E-state index contributed by atoms with van der Waals surface area (Å²) in [6.07, 6.45) is 3.55. The molecule has 1 aliphatic heterocycles. The van der Waals surface area contributed by atoms with E-state index in [0.717, 1.165) is 47.5 Å². The van der Waals surface area contributed by atoms with Crippen LogP contribution in [-0.2, 0) is 11.3 Å². The molecule has 28 heavy (non-hydrogen) atoms. The van der Waals surface area contributed by atoms with E-state index < -0.39 is 0 Å². The van der Waals surface area contributed by atoms with E-state index in [9.17, 15) is 4.79 Å². The summed E-state index contributed by atoms with van der Waals surface area (Å²) < 4.78 is 0. The topological polar surface area (TPSA) is 57.3 Å². The zero-order chi connectivity index (χ0) is 19.5. The lowest BCUT2D eigenvalue weighted by atomic mass is 10.0. The van der Waals surface area contributed by atoms with Crippen LogP contribution < -0.4 is 10.6 Å². The smallest absolute Gasteiger partial charge is 0.257 e. The van der Waals surface area contributed by atoms with Gasteiger partial charge in [0.2, 0.25) is 0 Å². The van der Waals surface area contributed by atoms with E-state index in [1.54, 1.807) is 12.4 Å². The monoisotopic (exact) mass is 372 g/mol. The first-order chi connectivity index (χ1) is 13.7. The van der Waals surface area contributed by atoms with Gasteiger partial charge in [0.05, 0.1) is 11.1 Å². The number of hydrogen-bond acceptors (Lipinski definition) is 4. The maximum Gasteiger partial charge on any atom is 0.257 e. The molecule has 2 aromatic carbocycles. The number of nitrogens with zero attached hydrogens (tertiary/aromatic N) is 2. The number of anilines is 2. The molecule has 2 heterocycles. The molecule has 0 spiro atoms. The van der Waals surface area contributed by atoms with Crippen LogP contribution in [0.25, 0.3) is 16.5 Å². The van der Waals surface area contributed by atoms with Crippen molar-refractivity contribution in [3.8, 4) is 0 Å². The third-order valence-electron chi connectivity index (χ3n) is 5.18. The van der Waals surface area contributed by atoms with Gasteiger partial charge in [-0.05, 0) is 49.0 Å². The molecule has 0 atom stereocenters.